The standard InChI is InChI=1S/C21H41N5O3/c1-6-7-12-17(15-25-20(28)29-21(2,3)4)26-19(22-5)24-14-9-13-23-18(27)16-10-8-11-16/h16-17H,6-15H2,1-5H3,(H,23,27)(H,25,28)(H2,22,24,26). The number of nitrogens with one attached hydrogen (secondary N) is 4. The van der Waals surface area contributed by atoms with Crippen molar-refractivity contribution < 1.29 is 14.3 Å². The average Bonchev–Trinajstić information content (AvgIpc) is 2.59. The fraction of sp³-hybridized carbons (Fsp3) is 0.857. The number of carbonyl (C=O) groups excluding carboxylic acids is 2. The Kier molecular flexibility index (Phi) is 11.5. The van der Waals surface area contributed by atoms with E-state index in [1.54, 1.807) is 7.05 Å². The van der Waals surface area contributed by atoms with Gasteiger partial charge in [-0.1, -0.05) is 26.2 Å². The molecule has 1 rings (SSSR count). The van der Waals surface area contributed by atoms with Gasteiger partial charge in [-0.15, -0.1) is 0 Å². The summed E-state index contributed by atoms with van der Waals surface area (Å²) >= 11 is 0. The Hall–Kier alpha value is -1.99. The highest BCUT2D eigenvalue weighted by atomic mass is 16.6. The van der Waals surface area contributed by atoms with Crippen LogP contribution in [0.5, 0.6) is 0 Å². The van der Waals surface area contributed by atoms with Crippen LogP contribution in [0.25, 0.3) is 0 Å². The van der Waals surface area contributed by atoms with Crippen LogP contribution in [-0.4, -0.2) is 56.3 Å². The minimum Gasteiger partial charge on any atom is -0.444 e. The number of carbonyl (C=O) groups is 2. The average molecular weight is 412 g/mol. The fourth-order valence-corrected chi connectivity index (χ4v) is 2.91. The van der Waals surface area contributed by atoms with Gasteiger partial charge in [0.05, 0.1) is 0 Å². The van der Waals surface area contributed by atoms with Crippen molar-refractivity contribution in [3.05, 3.63) is 0 Å². The van der Waals surface area contributed by atoms with Gasteiger partial charge in [0, 0.05) is 38.6 Å². The van der Waals surface area contributed by atoms with Gasteiger partial charge in [0.15, 0.2) is 5.96 Å². The molecule has 168 valence electrons. The van der Waals surface area contributed by atoms with Gasteiger partial charge in [-0.2, -0.15) is 0 Å². The Morgan fingerprint density at radius 2 is 1.79 bits per heavy atom. The van der Waals surface area contributed by atoms with E-state index < -0.39 is 11.7 Å². The third-order valence-corrected chi connectivity index (χ3v) is 4.78. The molecule has 4 N–H and O–H groups in total. The van der Waals surface area contributed by atoms with E-state index in [9.17, 15) is 9.59 Å². The molecule has 8 nitrogen and oxygen atoms in total. The molecule has 0 aromatic heterocycles. The molecular weight excluding hydrogens is 370 g/mol. The number of ether oxygens (including phenoxy) is 1. The van der Waals surface area contributed by atoms with E-state index in [-0.39, 0.29) is 17.9 Å². The van der Waals surface area contributed by atoms with Crippen LogP contribution >= 0.6 is 0 Å². The van der Waals surface area contributed by atoms with Gasteiger partial charge >= 0.3 is 6.09 Å². The van der Waals surface area contributed by atoms with Crippen LogP contribution in [0.4, 0.5) is 4.79 Å². The number of unbranched alkanes of at least 4 members (excludes halogenated alkanes) is 1. The third-order valence-electron chi connectivity index (χ3n) is 4.78. The van der Waals surface area contributed by atoms with Gasteiger partial charge in [0.1, 0.15) is 5.60 Å². The quantitative estimate of drug-likeness (QED) is 0.238. The van der Waals surface area contributed by atoms with Crippen LogP contribution in [0.1, 0.15) is 72.6 Å². The van der Waals surface area contributed by atoms with Gasteiger partial charge in [-0.05, 0) is 46.5 Å². The number of guanidine groups is 1. The lowest BCUT2D eigenvalue weighted by atomic mass is 9.85. The second-order valence-corrected chi connectivity index (χ2v) is 8.64. The molecule has 1 aliphatic rings. The third kappa shape index (κ3) is 11.6. The van der Waals surface area contributed by atoms with E-state index in [1.165, 1.54) is 6.42 Å². The van der Waals surface area contributed by atoms with Crippen LogP contribution in [0.15, 0.2) is 4.99 Å². The highest BCUT2D eigenvalue weighted by Gasteiger charge is 2.24. The molecule has 1 atom stereocenters. The second-order valence-electron chi connectivity index (χ2n) is 8.64. The smallest absolute Gasteiger partial charge is 0.407 e. The zero-order valence-corrected chi connectivity index (χ0v) is 18.9. The lowest BCUT2D eigenvalue weighted by molar-refractivity contribution is -0.127. The maximum atomic E-state index is 11.9. The molecular formula is C21H41N5O3. The predicted molar refractivity (Wildman–Crippen MR) is 117 cm³/mol. The van der Waals surface area contributed by atoms with E-state index >= 15 is 0 Å². The molecule has 8 heteroatoms. The molecule has 0 radical (unpaired) electrons. The molecule has 1 unspecified atom stereocenters. The SMILES string of the molecule is CCCCC(CNC(=O)OC(C)(C)C)NC(=NC)NCCCNC(=O)C1CCC1. The number of alkyl carbamates (subject to hydrolysis) is 1. The summed E-state index contributed by atoms with van der Waals surface area (Å²) in [5, 5.41) is 12.5. The summed E-state index contributed by atoms with van der Waals surface area (Å²) in [5.74, 6) is 1.11. The molecule has 0 bridgehead atoms. The normalized spacial score (nSPS) is 15.8. The molecule has 1 saturated carbocycles. The Morgan fingerprint density at radius 1 is 1.10 bits per heavy atom. The van der Waals surface area contributed by atoms with E-state index in [0.29, 0.717) is 25.6 Å². The molecule has 0 aliphatic heterocycles. The Morgan fingerprint density at radius 3 is 2.34 bits per heavy atom. The number of hydrogen-bond donors (Lipinski definition) is 4. The molecule has 0 aromatic rings. The van der Waals surface area contributed by atoms with Crippen LogP contribution in [-0.2, 0) is 9.53 Å². The first kappa shape index (κ1) is 25.0. The van der Waals surface area contributed by atoms with Gasteiger partial charge in [0.2, 0.25) is 5.91 Å². The molecule has 0 aromatic carbocycles. The molecule has 1 aliphatic carbocycles. The summed E-state index contributed by atoms with van der Waals surface area (Å²) in [5.41, 5.74) is -0.512. The fourth-order valence-electron chi connectivity index (χ4n) is 2.91. The van der Waals surface area contributed by atoms with E-state index in [0.717, 1.165) is 38.5 Å². The summed E-state index contributed by atoms with van der Waals surface area (Å²) in [6.07, 6.45) is 6.69. The van der Waals surface area contributed by atoms with Crippen LogP contribution in [0.3, 0.4) is 0 Å². The van der Waals surface area contributed by atoms with Crippen LogP contribution in [0.2, 0.25) is 0 Å². The van der Waals surface area contributed by atoms with Crippen molar-refractivity contribution >= 4 is 18.0 Å². The number of nitrogens with zero attached hydrogens (tertiary/aromatic N) is 1. The Labute approximate surface area is 176 Å². The lowest BCUT2D eigenvalue weighted by Gasteiger charge is -2.24. The Balaban J connectivity index is 2.32. The highest BCUT2D eigenvalue weighted by molar-refractivity contribution is 5.80. The van der Waals surface area contributed by atoms with Gasteiger partial charge in [-0.3, -0.25) is 9.79 Å². The largest absolute Gasteiger partial charge is 0.444 e. The molecule has 2 amide bonds. The van der Waals surface area contributed by atoms with Crippen LogP contribution in [0, 0.1) is 5.92 Å². The van der Waals surface area contributed by atoms with Crippen molar-refractivity contribution in [3.63, 3.8) is 0 Å². The summed E-state index contributed by atoms with van der Waals surface area (Å²) < 4.78 is 5.31. The number of amides is 2. The van der Waals surface area contributed by atoms with Crippen molar-refractivity contribution in [1.29, 1.82) is 0 Å². The molecule has 1 fully saturated rings. The summed E-state index contributed by atoms with van der Waals surface area (Å²) in [6, 6.07) is 0.0620. The first-order valence-electron chi connectivity index (χ1n) is 11.0. The number of aliphatic imine (C=N–C) groups is 1. The van der Waals surface area contributed by atoms with Crippen molar-refractivity contribution in [3.8, 4) is 0 Å². The number of rotatable bonds is 11. The Bertz CT molecular complexity index is 527. The molecule has 0 spiro atoms. The molecule has 0 heterocycles. The summed E-state index contributed by atoms with van der Waals surface area (Å²) in [4.78, 5) is 28.0. The minimum absolute atomic E-state index is 0.0620. The lowest BCUT2D eigenvalue weighted by Crippen LogP contribution is -2.49. The topological polar surface area (TPSA) is 104 Å². The number of hydrogen-bond acceptors (Lipinski definition) is 4. The van der Waals surface area contributed by atoms with Crippen molar-refractivity contribution in [2.45, 2.75) is 84.3 Å². The van der Waals surface area contributed by atoms with Crippen molar-refractivity contribution in [1.82, 2.24) is 21.3 Å². The van der Waals surface area contributed by atoms with Crippen molar-refractivity contribution in [2.75, 3.05) is 26.7 Å². The van der Waals surface area contributed by atoms with Gasteiger partial charge in [-0.25, -0.2) is 4.79 Å². The zero-order valence-electron chi connectivity index (χ0n) is 18.9. The van der Waals surface area contributed by atoms with Gasteiger partial charge < -0.3 is 26.0 Å². The first-order valence-corrected chi connectivity index (χ1v) is 11.0. The summed E-state index contributed by atoms with van der Waals surface area (Å²) in [6.45, 7) is 9.53. The van der Waals surface area contributed by atoms with Crippen molar-refractivity contribution in [2.24, 2.45) is 10.9 Å². The van der Waals surface area contributed by atoms with E-state index in [1.807, 2.05) is 20.8 Å². The van der Waals surface area contributed by atoms with Crippen LogP contribution < -0.4 is 21.3 Å². The maximum absolute atomic E-state index is 11.9. The predicted octanol–water partition coefficient (Wildman–Crippen LogP) is 2.54. The molecule has 29 heavy (non-hydrogen) atoms. The maximum Gasteiger partial charge on any atom is 0.407 e. The zero-order chi connectivity index (χ0) is 21.7. The second kappa shape index (κ2) is 13.3. The monoisotopic (exact) mass is 411 g/mol. The highest BCUT2D eigenvalue weighted by Crippen LogP contribution is 2.25. The first-order chi connectivity index (χ1) is 13.7. The van der Waals surface area contributed by atoms with E-state index in [2.05, 4.69) is 33.2 Å². The van der Waals surface area contributed by atoms with Gasteiger partial charge in [0.25, 0.3) is 0 Å². The minimum atomic E-state index is -0.512. The van der Waals surface area contributed by atoms with E-state index in [4.69, 9.17) is 4.74 Å². The molecule has 0 saturated heterocycles. The summed E-state index contributed by atoms with van der Waals surface area (Å²) in [7, 11) is 1.73.